The third-order valence-electron chi connectivity index (χ3n) is 2.94. The van der Waals surface area contributed by atoms with E-state index in [1.165, 1.54) is 0 Å². The molecule has 21 heavy (non-hydrogen) atoms. The van der Waals surface area contributed by atoms with Gasteiger partial charge in [0.1, 0.15) is 11.5 Å². The SMILES string of the molecule is CC(C)(C)NCCNc1ccc(Oc2ccccc2)cc1. The Bertz CT molecular complexity index is 529. The van der Waals surface area contributed by atoms with Gasteiger partial charge in [-0.2, -0.15) is 0 Å². The molecular weight excluding hydrogens is 260 g/mol. The normalized spacial score (nSPS) is 11.2. The zero-order chi connectivity index (χ0) is 15.1. The summed E-state index contributed by atoms with van der Waals surface area (Å²) in [6.07, 6.45) is 0. The molecule has 0 radical (unpaired) electrons. The fourth-order valence-corrected chi connectivity index (χ4v) is 1.91. The van der Waals surface area contributed by atoms with Crippen LogP contribution in [-0.2, 0) is 0 Å². The Kier molecular flexibility index (Phi) is 5.23. The second-order valence-corrected chi connectivity index (χ2v) is 6.04. The van der Waals surface area contributed by atoms with E-state index >= 15 is 0 Å². The van der Waals surface area contributed by atoms with Gasteiger partial charge in [0, 0.05) is 24.3 Å². The van der Waals surface area contributed by atoms with Gasteiger partial charge in [-0.25, -0.2) is 0 Å². The molecule has 2 aromatic carbocycles. The predicted molar refractivity (Wildman–Crippen MR) is 89.2 cm³/mol. The highest BCUT2D eigenvalue weighted by atomic mass is 16.5. The van der Waals surface area contributed by atoms with Crippen molar-refractivity contribution in [3.05, 3.63) is 54.6 Å². The molecule has 0 saturated heterocycles. The molecule has 0 unspecified atom stereocenters. The van der Waals surface area contributed by atoms with Crippen LogP contribution < -0.4 is 15.4 Å². The van der Waals surface area contributed by atoms with Crippen LogP contribution in [0.2, 0.25) is 0 Å². The zero-order valence-corrected chi connectivity index (χ0v) is 13.0. The van der Waals surface area contributed by atoms with Gasteiger partial charge < -0.3 is 15.4 Å². The molecule has 0 aromatic heterocycles. The summed E-state index contributed by atoms with van der Waals surface area (Å²) in [5.74, 6) is 1.70. The highest BCUT2D eigenvalue weighted by molar-refractivity contribution is 5.47. The highest BCUT2D eigenvalue weighted by Gasteiger charge is 2.06. The van der Waals surface area contributed by atoms with Gasteiger partial charge in [-0.1, -0.05) is 18.2 Å². The van der Waals surface area contributed by atoms with E-state index in [1.54, 1.807) is 0 Å². The minimum atomic E-state index is 0.162. The van der Waals surface area contributed by atoms with Crippen molar-refractivity contribution in [2.45, 2.75) is 26.3 Å². The Morgan fingerprint density at radius 2 is 1.43 bits per heavy atom. The van der Waals surface area contributed by atoms with Gasteiger partial charge in [-0.05, 0) is 57.2 Å². The molecule has 112 valence electrons. The Morgan fingerprint density at radius 3 is 2.05 bits per heavy atom. The quantitative estimate of drug-likeness (QED) is 0.777. The Balaban J connectivity index is 1.79. The van der Waals surface area contributed by atoms with Crippen LogP contribution in [0.4, 0.5) is 5.69 Å². The van der Waals surface area contributed by atoms with Crippen LogP contribution in [0.5, 0.6) is 11.5 Å². The topological polar surface area (TPSA) is 33.3 Å². The van der Waals surface area contributed by atoms with Crippen molar-refractivity contribution >= 4 is 5.69 Å². The van der Waals surface area contributed by atoms with Crippen molar-refractivity contribution in [1.29, 1.82) is 0 Å². The number of benzene rings is 2. The third kappa shape index (κ3) is 5.88. The smallest absolute Gasteiger partial charge is 0.127 e. The number of ether oxygens (including phenoxy) is 1. The molecule has 0 spiro atoms. The maximum absolute atomic E-state index is 5.76. The van der Waals surface area contributed by atoms with Crippen molar-refractivity contribution in [2.24, 2.45) is 0 Å². The molecule has 0 heterocycles. The summed E-state index contributed by atoms with van der Waals surface area (Å²) in [6, 6.07) is 17.8. The molecule has 0 amide bonds. The van der Waals surface area contributed by atoms with Crippen molar-refractivity contribution in [3.63, 3.8) is 0 Å². The number of hydrogen-bond donors (Lipinski definition) is 2. The zero-order valence-electron chi connectivity index (χ0n) is 13.0. The molecule has 2 N–H and O–H groups in total. The van der Waals surface area contributed by atoms with E-state index in [9.17, 15) is 0 Å². The summed E-state index contributed by atoms with van der Waals surface area (Å²) in [5, 5.41) is 6.84. The molecule has 2 aromatic rings. The summed E-state index contributed by atoms with van der Waals surface area (Å²) in [6.45, 7) is 8.34. The van der Waals surface area contributed by atoms with Crippen molar-refractivity contribution < 1.29 is 4.74 Å². The molecule has 0 saturated carbocycles. The summed E-state index contributed by atoms with van der Waals surface area (Å²) >= 11 is 0. The second-order valence-electron chi connectivity index (χ2n) is 6.04. The van der Waals surface area contributed by atoms with E-state index in [-0.39, 0.29) is 5.54 Å². The van der Waals surface area contributed by atoms with E-state index in [0.29, 0.717) is 0 Å². The highest BCUT2D eigenvalue weighted by Crippen LogP contribution is 2.22. The first-order chi connectivity index (χ1) is 10.0. The summed E-state index contributed by atoms with van der Waals surface area (Å²) in [5.41, 5.74) is 1.26. The lowest BCUT2D eigenvalue weighted by molar-refractivity contribution is 0.435. The van der Waals surface area contributed by atoms with Gasteiger partial charge in [0.25, 0.3) is 0 Å². The molecule has 0 aliphatic rings. The van der Waals surface area contributed by atoms with Crippen LogP contribution in [-0.4, -0.2) is 18.6 Å². The Labute approximate surface area is 127 Å². The van der Waals surface area contributed by atoms with E-state index in [0.717, 1.165) is 30.3 Å². The molecule has 0 fully saturated rings. The molecule has 3 heteroatoms. The molecule has 0 aliphatic carbocycles. The van der Waals surface area contributed by atoms with Gasteiger partial charge in [0.05, 0.1) is 0 Å². The molecule has 0 bridgehead atoms. The van der Waals surface area contributed by atoms with Gasteiger partial charge in [-0.15, -0.1) is 0 Å². The molecule has 2 rings (SSSR count). The van der Waals surface area contributed by atoms with Crippen LogP contribution in [0.1, 0.15) is 20.8 Å². The summed E-state index contributed by atoms with van der Waals surface area (Å²) in [4.78, 5) is 0. The Hall–Kier alpha value is -2.00. The molecule has 3 nitrogen and oxygen atoms in total. The molecule has 0 atom stereocenters. The maximum atomic E-state index is 5.76. The first kappa shape index (κ1) is 15.4. The minimum absolute atomic E-state index is 0.162. The standard InChI is InChI=1S/C18H24N2O/c1-18(2,3)20-14-13-19-15-9-11-17(12-10-15)21-16-7-5-4-6-8-16/h4-12,19-20H,13-14H2,1-3H3. The van der Waals surface area contributed by atoms with Gasteiger partial charge in [0.2, 0.25) is 0 Å². The monoisotopic (exact) mass is 284 g/mol. The largest absolute Gasteiger partial charge is 0.457 e. The second kappa shape index (κ2) is 7.14. The molecular formula is C18H24N2O. The first-order valence-corrected chi connectivity index (χ1v) is 7.35. The number of hydrogen-bond acceptors (Lipinski definition) is 3. The fourth-order valence-electron chi connectivity index (χ4n) is 1.91. The number of para-hydroxylation sites is 1. The van der Waals surface area contributed by atoms with Crippen molar-refractivity contribution in [2.75, 3.05) is 18.4 Å². The lowest BCUT2D eigenvalue weighted by Crippen LogP contribution is -2.38. The van der Waals surface area contributed by atoms with Crippen molar-refractivity contribution in [1.82, 2.24) is 5.32 Å². The number of anilines is 1. The lowest BCUT2D eigenvalue weighted by atomic mass is 10.1. The Morgan fingerprint density at radius 1 is 0.810 bits per heavy atom. The van der Waals surface area contributed by atoms with E-state index < -0.39 is 0 Å². The predicted octanol–water partition coefficient (Wildman–Crippen LogP) is 4.28. The summed E-state index contributed by atoms with van der Waals surface area (Å²) in [7, 11) is 0. The average molecular weight is 284 g/mol. The van der Waals surface area contributed by atoms with E-state index in [4.69, 9.17) is 4.74 Å². The lowest BCUT2D eigenvalue weighted by Gasteiger charge is -2.20. The van der Waals surface area contributed by atoms with Gasteiger partial charge in [0.15, 0.2) is 0 Å². The van der Waals surface area contributed by atoms with Gasteiger partial charge >= 0.3 is 0 Å². The maximum Gasteiger partial charge on any atom is 0.127 e. The van der Waals surface area contributed by atoms with Crippen LogP contribution in [0.15, 0.2) is 54.6 Å². The van der Waals surface area contributed by atoms with E-state index in [2.05, 4.69) is 31.4 Å². The van der Waals surface area contributed by atoms with E-state index in [1.807, 2.05) is 54.6 Å². The van der Waals surface area contributed by atoms with Crippen LogP contribution in [0.25, 0.3) is 0 Å². The van der Waals surface area contributed by atoms with Crippen LogP contribution >= 0.6 is 0 Å². The molecule has 0 aliphatic heterocycles. The summed E-state index contributed by atoms with van der Waals surface area (Å²) < 4.78 is 5.76. The minimum Gasteiger partial charge on any atom is -0.457 e. The van der Waals surface area contributed by atoms with Crippen LogP contribution in [0.3, 0.4) is 0 Å². The number of rotatable bonds is 6. The average Bonchev–Trinajstić information content (AvgIpc) is 2.45. The van der Waals surface area contributed by atoms with Crippen LogP contribution in [0, 0.1) is 0 Å². The fraction of sp³-hybridized carbons (Fsp3) is 0.333. The first-order valence-electron chi connectivity index (χ1n) is 7.35. The van der Waals surface area contributed by atoms with Crippen molar-refractivity contribution in [3.8, 4) is 11.5 Å². The number of nitrogens with one attached hydrogen (secondary N) is 2. The van der Waals surface area contributed by atoms with Gasteiger partial charge in [-0.3, -0.25) is 0 Å². The third-order valence-corrected chi connectivity index (χ3v) is 2.94.